The van der Waals surface area contributed by atoms with Crippen molar-refractivity contribution < 1.29 is 14.3 Å². The van der Waals surface area contributed by atoms with Gasteiger partial charge in [-0.15, -0.1) is 0 Å². The van der Waals surface area contributed by atoms with Crippen molar-refractivity contribution in [3.8, 4) is 0 Å². The number of carboxylic acid groups (broad SMARTS) is 1. The van der Waals surface area contributed by atoms with Crippen LogP contribution in [0.5, 0.6) is 0 Å². The molecule has 0 aliphatic carbocycles. The Bertz CT molecular complexity index is 464. The van der Waals surface area contributed by atoms with E-state index in [1.165, 1.54) is 6.07 Å². The van der Waals surface area contributed by atoms with E-state index in [9.17, 15) is 14.3 Å². The number of aliphatic carboxylic acids is 1. The van der Waals surface area contributed by atoms with Gasteiger partial charge in [0.05, 0.1) is 0 Å². The summed E-state index contributed by atoms with van der Waals surface area (Å²) >= 11 is 3.19. The van der Waals surface area contributed by atoms with Crippen LogP contribution in [0.4, 0.5) is 4.39 Å². The van der Waals surface area contributed by atoms with Crippen LogP contribution in [0.2, 0.25) is 0 Å². The van der Waals surface area contributed by atoms with E-state index in [1.807, 2.05) is 6.92 Å². The van der Waals surface area contributed by atoms with Crippen LogP contribution in [0, 0.1) is 5.82 Å². The minimum Gasteiger partial charge on any atom is -0.480 e. The molecule has 0 fully saturated rings. The molecule has 5 heteroatoms. The fraction of sp³-hybridized carbons (Fsp3) is 0.417. The van der Waals surface area contributed by atoms with Gasteiger partial charge in [-0.1, -0.05) is 22.9 Å². The largest absolute Gasteiger partial charge is 0.480 e. The third-order valence-corrected chi connectivity index (χ3v) is 3.56. The summed E-state index contributed by atoms with van der Waals surface area (Å²) in [6.45, 7) is 1.96. The van der Waals surface area contributed by atoms with Gasteiger partial charge in [0.1, 0.15) is 11.9 Å². The van der Waals surface area contributed by atoms with Crippen molar-refractivity contribution in [1.82, 2.24) is 5.32 Å². The first-order chi connectivity index (χ1) is 8.02. The standard InChI is InChI=1S/C12H13BrFNO2/c1-2-7-5-8-9(11(15-7)12(16)17)3-6(13)4-10(8)14/h3-4,7,11,15H,2,5H2,1H3,(H,16,17). The van der Waals surface area contributed by atoms with Gasteiger partial charge < -0.3 is 5.11 Å². The Morgan fingerprint density at radius 2 is 2.35 bits per heavy atom. The maximum atomic E-state index is 13.8. The first kappa shape index (κ1) is 12.5. The van der Waals surface area contributed by atoms with Gasteiger partial charge >= 0.3 is 5.97 Å². The van der Waals surface area contributed by atoms with Gasteiger partial charge in [-0.3, -0.25) is 10.1 Å². The second kappa shape index (κ2) is 4.74. The normalized spacial score (nSPS) is 23.2. The predicted octanol–water partition coefficient (Wildman–Crippen LogP) is 2.64. The van der Waals surface area contributed by atoms with Crippen LogP contribution in [-0.2, 0) is 11.2 Å². The average molecular weight is 302 g/mol. The SMILES string of the molecule is CCC1Cc2c(F)cc(Br)cc2C(C(=O)O)N1. The van der Waals surface area contributed by atoms with Gasteiger partial charge in [0.25, 0.3) is 0 Å². The zero-order valence-corrected chi connectivity index (χ0v) is 10.9. The summed E-state index contributed by atoms with van der Waals surface area (Å²) in [5.74, 6) is -1.30. The molecule has 1 aromatic rings. The van der Waals surface area contributed by atoms with Crippen LogP contribution >= 0.6 is 15.9 Å². The maximum absolute atomic E-state index is 13.8. The lowest BCUT2D eigenvalue weighted by Gasteiger charge is -2.30. The second-order valence-electron chi connectivity index (χ2n) is 4.20. The maximum Gasteiger partial charge on any atom is 0.325 e. The first-order valence-electron chi connectivity index (χ1n) is 5.49. The van der Waals surface area contributed by atoms with E-state index in [4.69, 9.17) is 0 Å². The fourth-order valence-corrected chi connectivity index (χ4v) is 2.64. The van der Waals surface area contributed by atoms with Crippen molar-refractivity contribution in [2.45, 2.75) is 31.8 Å². The summed E-state index contributed by atoms with van der Waals surface area (Å²) in [6.07, 6.45) is 1.31. The molecule has 0 aromatic heterocycles. The molecule has 0 bridgehead atoms. The number of hydrogen-bond donors (Lipinski definition) is 2. The topological polar surface area (TPSA) is 49.3 Å². The summed E-state index contributed by atoms with van der Waals surface area (Å²) in [7, 11) is 0. The average Bonchev–Trinajstić information content (AvgIpc) is 2.27. The molecule has 0 radical (unpaired) electrons. The highest BCUT2D eigenvalue weighted by atomic mass is 79.9. The highest BCUT2D eigenvalue weighted by Crippen LogP contribution is 2.31. The van der Waals surface area contributed by atoms with Gasteiger partial charge in [0.2, 0.25) is 0 Å². The number of benzene rings is 1. The van der Waals surface area contributed by atoms with Crippen LogP contribution < -0.4 is 5.32 Å². The highest BCUT2D eigenvalue weighted by Gasteiger charge is 2.32. The Morgan fingerprint density at radius 3 is 2.94 bits per heavy atom. The molecule has 1 heterocycles. The molecular weight excluding hydrogens is 289 g/mol. The van der Waals surface area contributed by atoms with Crippen molar-refractivity contribution >= 4 is 21.9 Å². The minimum atomic E-state index is -0.970. The van der Waals surface area contributed by atoms with Gasteiger partial charge in [0.15, 0.2) is 0 Å². The molecule has 1 aromatic carbocycles. The first-order valence-corrected chi connectivity index (χ1v) is 6.29. The van der Waals surface area contributed by atoms with Crippen LogP contribution in [0.15, 0.2) is 16.6 Å². The Balaban J connectivity index is 2.52. The molecule has 2 N–H and O–H groups in total. The predicted molar refractivity (Wildman–Crippen MR) is 65.4 cm³/mol. The van der Waals surface area contributed by atoms with Gasteiger partial charge in [0, 0.05) is 10.5 Å². The summed E-state index contributed by atoms with van der Waals surface area (Å²) < 4.78 is 14.4. The van der Waals surface area contributed by atoms with Crippen LogP contribution in [0.1, 0.15) is 30.5 Å². The number of fused-ring (bicyclic) bond motifs is 1. The van der Waals surface area contributed by atoms with Crippen LogP contribution in [-0.4, -0.2) is 17.1 Å². The van der Waals surface area contributed by atoms with Crippen molar-refractivity contribution in [3.05, 3.63) is 33.5 Å². The monoisotopic (exact) mass is 301 g/mol. The summed E-state index contributed by atoms with van der Waals surface area (Å²) in [5, 5.41) is 12.2. The quantitative estimate of drug-likeness (QED) is 0.883. The number of hydrogen-bond acceptors (Lipinski definition) is 2. The smallest absolute Gasteiger partial charge is 0.325 e. The summed E-state index contributed by atoms with van der Waals surface area (Å²) in [5.41, 5.74) is 1.04. The van der Waals surface area contributed by atoms with E-state index < -0.39 is 12.0 Å². The number of rotatable bonds is 2. The highest BCUT2D eigenvalue weighted by molar-refractivity contribution is 9.10. The third kappa shape index (κ3) is 2.35. The van der Waals surface area contributed by atoms with E-state index in [1.54, 1.807) is 6.07 Å². The van der Waals surface area contributed by atoms with E-state index >= 15 is 0 Å². The van der Waals surface area contributed by atoms with Crippen molar-refractivity contribution in [2.75, 3.05) is 0 Å². The molecule has 2 atom stereocenters. The molecule has 2 unspecified atom stereocenters. The number of nitrogens with one attached hydrogen (secondary N) is 1. The van der Waals surface area contributed by atoms with E-state index in [0.717, 1.165) is 6.42 Å². The van der Waals surface area contributed by atoms with E-state index in [2.05, 4.69) is 21.2 Å². The zero-order chi connectivity index (χ0) is 12.6. The van der Waals surface area contributed by atoms with Gasteiger partial charge in [-0.25, -0.2) is 4.39 Å². The number of halogens is 2. The number of carboxylic acids is 1. The third-order valence-electron chi connectivity index (χ3n) is 3.10. The Labute approximate surface area is 107 Å². The molecule has 0 amide bonds. The molecule has 3 nitrogen and oxygen atoms in total. The fourth-order valence-electron chi connectivity index (χ4n) is 2.19. The molecule has 1 aliphatic rings. The summed E-state index contributed by atoms with van der Waals surface area (Å²) in [4.78, 5) is 11.2. The van der Waals surface area contributed by atoms with Gasteiger partial charge in [-0.05, 0) is 36.1 Å². The molecule has 0 spiro atoms. The van der Waals surface area contributed by atoms with Crippen molar-refractivity contribution in [3.63, 3.8) is 0 Å². The molecule has 0 saturated heterocycles. The lowest BCUT2D eigenvalue weighted by molar-refractivity contribution is -0.140. The lowest BCUT2D eigenvalue weighted by atomic mass is 9.89. The molecular formula is C12H13BrFNO2. The summed E-state index contributed by atoms with van der Waals surface area (Å²) in [6, 6.07) is 2.25. The molecule has 17 heavy (non-hydrogen) atoms. The molecule has 0 saturated carbocycles. The second-order valence-corrected chi connectivity index (χ2v) is 5.12. The number of carbonyl (C=O) groups is 1. The zero-order valence-electron chi connectivity index (χ0n) is 9.34. The van der Waals surface area contributed by atoms with Crippen LogP contribution in [0.3, 0.4) is 0 Å². The Kier molecular flexibility index (Phi) is 3.49. The molecule has 1 aliphatic heterocycles. The van der Waals surface area contributed by atoms with Crippen LogP contribution in [0.25, 0.3) is 0 Å². The van der Waals surface area contributed by atoms with Gasteiger partial charge in [-0.2, -0.15) is 0 Å². The Morgan fingerprint density at radius 1 is 1.65 bits per heavy atom. The minimum absolute atomic E-state index is 0.0132. The van der Waals surface area contributed by atoms with Crippen molar-refractivity contribution in [1.29, 1.82) is 0 Å². The lowest BCUT2D eigenvalue weighted by Crippen LogP contribution is -2.42. The van der Waals surface area contributed by atoms with E-state index in [-0.39, 0.29) is 11.9 Å². The van der Waals surface area contributed by atoms with Crippen molar-refractivity contribution in [2.24, 2.45) is 0 Å². The Hall–Kier alpha value is -0.940. The van der Waals surface area contributed by atoms with E-state index in [0.29, 0.717) is 22.0 Å². The molecule has 92 valence electrons. The molecule has 2 rings (SSSR count).